The average molecular weight is 333 g/mol. The molecule has 1 unspecified atom stereocenters. The van der Waals surface area contributed by atoms with E-state index in [9.17, 15) is 8.42 Å². The van der Waals surface area contributed by atoms with Crippen LogP contribution in [0.5, 0.6) is 0 Å². The van der Waals surface area contributed by atoms with Crippen molar-refractivity contribution in [3.05, 3.63) is 22.7 Å². The molecule has 1 heterocycles. The van der Waals surface area contributed by atoms with Gasteiger partial charge in [-0.05, 0) is 43.9 Å². The Morgan fingerprint density at radius 3 is 2.81 bits per heavy atom. The minimum Gasteiger partial charge on any atom is -0.398 e. The molecule has 0 saturated carbocycles. The van der Waals surface area contributed by atoms with E-state index in [0.717, 1.165) is 24.8 Å². The molecule has 1 aliphatic heterocycles. The minimum atomic E-state index is -3.69. The first kappa shape index (κ1) is 16.5. The number of nitrogens with two attached hydrogens (primary N) is 1. The summed E-state index contributed by atoms with van der Waals surface area (Å²) in [5.41, 5.74) is 6.99. The zero-order chi connectivity index (χ0) is 15.6. The molecule has 5 nitrogen and oxygen atoms in total. The first-order valence-electron chi connectivity index (χ1n) is 7.06. The first-order chi connectivity index (χ1) is 9.87. The fraction of sp³-hybridized carbons (Fsp3) is 0.571. The van der Waals surface area contributed by atoms with Crippen molar-refractivity contribution >= 4 is 27.3 Å². The number of sulfonamides is 1. The molecule has 1 saturated heterocycles. The average Bonchev–Trinajstić information content (AvgIpc) is 2.43. The van der Waals surface area contributed by atoms with Crippen LogP contribution in [0.3, 0.4) is 0 Å². The second-order valence-corrected chi connectivity index (χ2v) is 7.68. The van der Waals surface area contributed by atoms with Crippen LogP contribution in [0.1, 0.15) is 31.2 Å². The second kappa shape index (κ2) is 6.52. The lowest BCUT2D eigenvalue weighted by atomic mass is 10.0. The molecule has 3 N–H and O–H groups in total. The number of aliphatic hydroxyl groups is 1. The van der Waals surface area contributed by atoms with E-state index in [4.69, 9.17) is 22.4 Å². The van der Waals surface area contributed by atoms with Crippen molar-refractivity contribution < 1.29 is 13.5 Å². The van der Waals surface area contributed by atoms with Crippen LogP contribution in [-0.4, -0.2) is 37.0 Å². The Hall–Kier alpha value is -0.820. The van der Waals surface area contributed by atoms with E-state index in [1.165, 1.54) is 10.4 Å². The Morgan fingerprint density at radius 2 is 2.14 bits per heavy atom. The minimum absolute atomic E-state index is 0.0273. The van der Waals surface area contributed by atoms with Crippen molar-refractivity contribution in [2.75, 3.05) is 18.9 Å². The Kier molecular flexibility index (Phi) is 5.14. The van der Waals surface area contributed by atoms with Crippen molar-refractivity contribution in [1.29, 1.82) is 0 Å². The summed E-state index contributed by atoms with van der Waals surface area (Å²) in [6.07, 6.45) is 3.00. The van der Waals surface area contributed by atoms with Gasteiger partial charge >= 0.3 is 0 Å². The lowest BCUT2D eigenvalue weighted by Gasteiger charge is -2.34. The number of rotatable bonds is 4. The number of nitrogen functional groups attached to an aromatic ring is 1. The van der Waals surface area contributed by atoms with E-state index >= 15 is 0 Å². The zero-order valence-corrected chi connectivity index (χ0v) is 13.6. The summed E-state index contributed by atoms with van der Waals surface area (Å²) in [6, 6.07) is 2.83. The molecule has 0 aliphatic carbocycles. The Morgan fingerprint density at radius 1 is 1.43 bits per heavy atom. The number of aliphatic hydroxyl groups excluding tert-OH is 1. The number of piperidine rings is 1. The molecule has 0 aromatic heterocycles. The van der Waals surface area contributed by atoms with Crippen molar-refractivity contribution in [3.63, 3.8) is 0 Å². The number of anilines is 1. The van der Waals surface area contributed by atoms with Gasteiger partial charge in [-0.1, -0.05) is 18.0 Å². The summed E-state index contributed by atoms with van der Waals surface area (Å²) in [7, 11) is -3.69. The van der Waals surface area contributed by atoms with Gasteiger partial charge in [-0.25, -0.2) is 8.42 Å². The summed E-state index contributed by atoms with van der Waals surface area (Å²) in [5, 5.41) is 9.33. The number of benzene rings is 1. The van der Waals surface area contributed by atoms with Crippen LogP contribution < -0.4 is 5.73 Å². The topological polar surface area (TPSA) is 83.6 Å². The van der Waals surface area contributed by atoms with Gasteiger partial charge in [0.2, 0.25) is 10.0 Å². The van der Waals surface area contributed by atoms with Gasteiger partial charge in [-0.3, -0.25) is 0 Å². The van der Waals surface area contributed by atoms with E-state index in [2.05, 4.69) is 0 Å². The summed E-state index contributed by atoms with van der Waals surface area (Å²) >= 11 is 6.12. The molecule has 1 fully saturated rings. The van der Waals surface area contributed by atoms with Gasteiger partial charge in [-0.15, -0.1) is 0 Å². The summed E-state index contributed by atoms with van der Waals surface area (Å²) in [4.78, 5) is 0.0529. The standard InChI is InChI=1S/C14H21ClN2O3S/c1-10-8-12(15)14(9-13(10)16)21(19,20)17-6-3-2-4-11(17)5-7-18/h8-9,11,18H,2-7,16H2,1H3. The van der Waals surface area contributed by atoms with Crippen LogP contribution in [0.15, 0.2) is 17.0 Å². The van der Waals surface area contributed by atoms with E-state index < -0.39 is 10.0 Å². The molecular weight excluding hydrogens is 312 g/mol. The molecule has 0 amide bonds. The van der Waals surface area contributed by atoms with Crippen molar-refractivity contribution in [1.82, 2.24) is 4.31 Å². The van der Waals surface area contributed by atoms with Crippen LogP contribution in [0.25, 0.3) is 0 Å². The highest BCUT2D eigenvalue weighted by atomic mass is 35.5. The third-order valence-corrected chi connectivity index (χ3v) is 6.36. The van der Waals surface area contributed by atoms with Gasteiger partial charge < -0.3 is 10.8 Å². The molecule has 2 rings (SSSR count). The van der Waals surface area contributed by atoms with Crippen LogP contribution >= 0.6 is 11.6 Å². The molecule has 1 aliphatic rings. The van der Waals surface area contributed by atoms with E-state index in [-0.39, 0.29) is 22.6 Å². The van der Waals surface area contributed by atoms with Gasteiger partial charge in [0.05, 0.1) is 5.02 Å². The normalized spacial score (nSPS) is 20.6. The molecule has 21 heavy (non-hydrogen) atoms. The van der Waals surface area contributed by atoms with Gasteiger partial charge in [0.1, 0.15) is 4.90 Å². The third-order valence-electron chi connectivity index (χ3n) is 3.94. The lowest BCUT2D eigenvalue weighted by Crippen LogP contribution is -2.44. The van der Waals surface area contributed by atoms with Crippen LogP contribution in [0, 0.1) is 6.92 Å². The van der Waals surface area contributed by atoms with Gasteiger partial charge in [0.25, 0.3) is 0 Å². The molecule has 0 radical (unpaired) electrons. The highest BCUT2D eigenvalue weighted by Gasteiger charge is 2.34. The monoisotopic (exact) mass is 332 g/mol. The lowest BCUT2D eigenvalue weighted by molar-refractivity contribution is 0.192. The van der Waals surface area contributed by atoms with E-state index in [0.29, 0.717) is 18.7 Å². The summed E-state index contributed by atoms with van der Waals surface area (Å²) in [6.45, 7) is 2.21. The Bertz CT molecular complexity index is 617. The van der Waals surface area contributed by atoms with Crippen LogP contribution in [0.2, 0.25) is 5.02 Å². The maximum Gasteiger partial charge on any atom is 0.244 e. The van der Waals surface area contributed by atoms with Crippen molar-refractivity contribution in [3.8, 4) is 0 Å². The molecule has 0 spiro atoms. The van der Waals surface area contributed by atoms with Crippen LogP contribution in [-0.2, 0) is 10.0 Å². The van der Waals surface area contributed by atoms with Gasteiger partial charge in [0, 0.05) is 24.9 Å². The fourth-order valence-electron chi connectivity index (χ4n) is 2.72. The van der Waals surface area contributed by atoms with Crippen molar-refractivity contribution in [2.45, 2.75) is 43.5 Å². The SMILES string of the molecule is Cc1cc(Cl)c(S(=O)(=O)N2CCCCC2CCO)cc1N. The predicted molar refractivity (Wildman–Crippen MR) is 83.8 cm³/mol. The quantitative estimate of drug-likeness (QED) is 0.827. The smallest absolute Gasteiger partial charge is 0.244 e. The van der Waals surface area contributed by atoms with E-state index in [1.807, 2.05) is 0 Å². The maximum absolute atomic E-state index is 12.9. The molecular formula is C14H21ClN2O3S. The molecule has 0 bridgehead atoms. The second-order valence-electron chi connectivity index (χ2n) is 5.42. The highest BCUT2D eigenvalue weighted by Crippen LogP contribution is 2.33. The highest BCUT2D eigenvalue weighted by molar-refractivity contribution is 7.89. The van der Waals surface area contributed by atoms with E-state index in [1.54, 1.807) is 13.0 Å². The molecule has 1 aromatic carbocycles. The summed E-state index contributed by atoms with van der Waals surface area (Å²) in [5.74, 6) is 0. The first-order valence-corrected chi connectivity index (χ1v) is 8.88. The number of hydrogen-bond acceptors (Lipinski definition) is 4. The number of hydrogen-bond donors (Lipinski definition) is 2. The molecule has 1 atom stereocenters. The Labute approximate surface area is 130 Å². The number of nitrogens with zero attached hydrogens (tertiary/aromatic N) is 1. The maximum atomic E-state index is 12.9. The fourth-order valence-corrected chi connectivity index (χ4v) is 5.04. The van der Waals surface area contributed by atoms with Crippen molar-refractivity contribution in [2.24, 2.45) is 0 Å². The van der Waals surface area contributed by atoms with Gasteiger partial charge in [-0.2, -0.15) is 4.31 Å². The number of halogens is 1. The summed E-state index contributed by atoms with van der Waals surface area (Å²) < 4.78 is 27.2. The predicted octanol–water partition coefficient (Wildman–Crippen LogP) is 2.16. The number of aryl methyl sites for hydroxylation is 1. The Balaban J connectivity index is 2.43. The third kappa shape index (κ3) is 3.34. The molecule has 7 heteroatoms. The zero-order valence-electron chi connectivity index (χ0n) is 12.0. The molecule has 1 aromatic rings. The van der Waals surface area contributed by atoms with Crippen LogP contribution in [0.4, 0.5) is 5.69 Å². The van der Waals surface area contributed by atoms with Gasteiger partial charge in [0.15, 0.2) is 0 Å². The molecule has 118 valence electrons. The largest absolute Gasteiger partial charge is 0.398 e.